The Labute approximate surface area is 139 Å². The topological polar surface area (TPSA) is 87.0 Å². The Morgan fingerprint density at radius 3 is 2.29 bits per heavy atom. The Hall–Kier alpha value is -3.66. The van der Waals surface area contributed by atoms with Crippen molar-refractivity contribution in [3.63, 3.8) is 0 Å². The number of aromatic nitrogens is 3. The minimum Gasteiger partial charge on any atom is -0.348 e. The Kier molecular flexibility index (Phi) is 4.49. The van der Waals surface area contributed by atoms with Gasteiger partial charge in [-0.2, -0.15) is 15.0 Å². The lowest BCUT2D eigenvalue weighted by molar-refractivity contribution is 0.462. The maximum atomic E-state index is 8.74. The van der Waals surface area contributed by atoms with E-state index in [1.807, 2.05) is 67.7 Å². The first-order chi connectivity index (χ1) is 11.8. The smallest absolute Gasteiger partial charge is 0.339 e. The van der Waals surface area contributed by atoms with Crippen LogP contribution < -0.4 is 15.0 Å². The van der Waals surface area contributed by atoms with E-state index in [2.05, 4.69) is 20.3 Å². The molecule has 3 aromatic rings. The van der Waals surface area contributed by atoms with Crippen LogP contribution in [0.3, 0.4) is 0 Å². The van der Waals surface area contributed by atoms with Crippen LogP contribution in [0.2, 0.25) is 0 Å². The minimum atomic E-state index is -0.0660. The molecule has 24 heavy (non-hydrogen) atoms. The number of hydrogen-bond donors (Lipinski definition) is 1. The lowest BCUT2D eigenvalue weighted by Crippen LogP contribution is -2.15. The zero-order chi connectivity index (χ0) is 16.8. The van der Waals surface area contributed by atoms with Crippen molar-refractivity contribution >= 4 is 23.3 Å². The summed E-state index contributed by atoms with van der Waals surface area (Å²) in [6.07, 6.45) is 1.58. The van der Waals surface area contributed by atoms with E-state index >= 15 is 0 Å². The minimum absolute atomic E-state index is 0.0660. The molecule has 0 unspecified atom stereocenters. The molecule has 0 saturated heterocycles. The summed E-state index contributed by atoms with van der Waals surface area (Å²) in [6.45, 7) is 0. The van der Waals surface area contributed by atoms with Crippen molar-refractivity contribution in [2.45, 2.75) is 0 Å². The molecule has 0 aliphatic carbocycles. The van der Waals surface area contributed by atoms with E-state index in [1.54, 1.807) is 11.2 Å². The number of ether oxygens (including phenoxy) is 1. The third-order valence-corrected chi connectivity index (χ3v) is 3.21. The first kappa shape index (κ1) is 15.2. The van der Waals surface area contributed by atoms with Gasteiger partial charge in [-0.3, -0.25) is 0 Å². The van der Waals surface area contributed by atoms with Gasteiger partial charge in [0, 0.05) is 18.4 Å². The second-order valence-electron chi connectivity index (χ2n) is 4.82. The number of hydrogen-bond acceptors (Lipinski definition) is 7. The second kappa shape index (κ2) is 7.07. The molecule has 0 radical (unpaired) electrons. The molecule has 0 spiro atoms. The average molecular weight is 318 g/mol. The van der Waals surface area contributed by atoms with Gasteiger partial charge in [-0.15, -0.1) is 5.26 Å². The van der Waals surface area contributed by atoms with E-state index in [0.717, 1.165) is 11.4 Å². The molecule has 1 aromatic heterocycles. The lowest BCUT2D eigenvalue weighted by atomic mass is 10.3. The van der Waals surface area contributed by atoms with E-state index in [0.29, 0.717) is 11.9 Å². The van der Waals surface area contributed by atoms with Gasteiger partial charge in [0.1, 0.15) is 0 Å². The van der Waals surface area contributed by atoms with Crippen LogP contribution in [0, 0.1) is 11.5 Å². The van der Waals surface area contributed by atoms with Crippen molar-refractivity contribution in [3.8, 4) is 12.3 Å². The summed E-state index contributed by atoms with van der Waals surface area (Å²) >= 11 is 0. The largest absolute Gasteiger partial charge is 0.348 e. The van der Waals surface area contributed by atoms with Gasteiger partial charge < -0.3 is 15.0 Å². The molecule has 1 heterocycles. The van der Waals surface area contributed by atoms with E-state index in [9.17, 15) is 0 Å². The van der Waals surface area contributed by atoms with Crippen LogP contribution in [0.4, 0.5) is 23.3 Å². The summed E-state index contributed by atoms with van der Waals surface area (Å²) in [5.41, 5.74) is 1.72. The molecule has 1 N–H and O–H groups in total. The summed E-state index contributed by atoms with van der Waals surface area (Å²) in [5.74, 6) is 0.652. The Morgan fingerprint density at radius 1 is 0.958 bits per heavy atom. The maximum absolute atomic E-state index is 8.74. The lowest BCUT2D eigenvalue weighted by Gasteiger charge is -2.17. The summed E-state index contributed by atoms with van der Waals surface area (Å²) in [5, 5.41) is 11.8. The van der Waals surface area contributed by atoms with Gasteiger partial charge in [-0.05, 0) is 24.3 Å². The van der Waals surface area contributed by atoms with Crippen molar-refractivity contribution in [3.05, 3.63) is 60.7 Å². The van der Waals surface area contributed by atoms with Crippen LogP contribution >= 0.6 is 0 Å². The summed E-state index contributed by atoms with van der Waals surface area (Å²) in [7, 11) is 1.83. The van der Waals surface area contributed by atoms with Crippen LogP contribution in [0.1, 0.15) is 0 Å². The predicted octanol–water partition coefficient (Wildman–Crippen LogP) is 3.24. The standard InChI is InChI=1S/C17H14N6O/c1-23(14-10-6-3-7-11-14)16-20-15(21-17(22-16)24-12-18)19-13-8-4-2-5-9-13/h2-11H,1H3,(H,19,20,21,22). The molecule has 0 atom stereocenters. The fourth-order valence-corrected chi connectivity index (χ4v) is 2.06. The molecular weight excluding hydrogens is 304 g/mol. The fraction of sp³-hybridized carbons (Fsp3) is 0.0588. The number of nitriles is 1. The van der Waals surface area contributed by atoms with Crippen LogP contribution in [0.25, 0.3) is 0 Å². The van der Waals surface area contributed by atoms with Gasteiger partial charge in [0.15, 0.2) is 0 Å². The number of anilines is 4. The molecule has 3 rings (SSSR count). The Bertz CT molecular complexity index is 848. The number of para-hydroxylation sites is 2. The van der Waals surface area contributed by atoms with Crippen molar-refractivity contribution in [2.75, 3.05) is 17.3 Å². The zero-order valence-electron chi connectivity index (χ0n) is 12.9. The van der Waals surface area contributed by atoms with Gasteiger partial charge in [-0.25, -0.2) is 0 Å². The Balaban J connectivity index is 1.95. The highest BCUT2D eigenvalue weighted by Crippen LogP contribution is 2.23. The number of nitrogens with one attached hydrogen (secondary N) is 1. The van der Waals surface area contributed by atoms with Crippen molar-refractivity contribution in [1.82, 2.24) is 15.0 Å². The summed E-state index contributed by atoms with van der Waals surface area (Å²) in [6, 6.07) is 19.0. The average Bonchev–Trinajstić information content (AvgIpc) is 2.63. The number of benzene rings is 2. The van der Waals surface area contributed by atoms with E-state index in [4.69, 9.17) is 10.00 Å². The highest BCUT2D eigenvalue weighted by atomic mass is 16.5. The molecule has 118 valence electrons. The quantitative estimate of drug-likeness (QED) is 0.722. The summed E-state index contributed by atoms with van der Waals surface area (Å²) in [4.78, 5) is 14.4. The molecule has 0 amide bonds. The SMILES string of the molecule is CN(c1ccccc1)c1nc(Nc2ccccc2)nc(OC#N)n1. The number of rotatable bonds is 5. The molecule has 7 nitrogen and oxygen atoms in total. The molecule has 7 heteroatoms. The fourth-order valence-electron chi connectivity index (χ4n) is 2.06. The van der Waals surface area contributed by atoms with Crippen molar-refractivity contribution in [2.24, 2.45) is 0 Å². The van der Waals surface area contributed by atoms with Gasteiger partial charge in [0.25, 0.3) is 6.26 Å². The van der Waals surface area contributed by atoms with E-state index in [1.165, 1.54) is 0 Å². The highest BCUT2D eigenvalue weighted by molar-refractivity contribution is 5.59. The normalized spacial score (nSPS) is 9.83. The van der Waals surface area contributed by atoms with Crippen LogP contribution in [-0.4, -0.2) is 22.0 Å². The van der Waals surface area contributed by atoms with Gasteiger partial charge >= 0.3 is 6.01 Å². The molecule has 0 fully saturated rings. The highest BCUT2D eigenvalue weighted by Gasteiger charge is 2.13. The van der Waals surface area contributed by atoms with Gasteiger partial charge in [0.05, 0.1) is 0 Å². The number of nitrogens with zero attached hydrogens (tertiary/aromatic N) is 5. The van der Waals surface area contributed by atoms with Gasteiger partial charge in [-0.1, -0.05) is 36.4 Å². The van der Waals surface area contributed by atoms with Crippen LogP contribution in [0.5, 0.6) is 6.01 Å². The Morgan fingerprint density at radius 2 is 1.62 bits per heavy atom. The molecule has 2 aromatic carbocycles. The molecule has 0 bridgehead atoms. The molecule has 0 aliphatic heterocycles. The summed E-state index contributed by atoms with van der Waals surface area (Å²) < 4.78 is 4.79. The van der Waals surface area contributed by atoms with Crippen molar-refractivity contribution < 1.29 is 4.74 Å². The zero-order valence-corrected chi connectivity index (χ0v) is 12.9. The van der Waals surface area contributed by atoms with E-state index < -0.39 is 0 Å². The van der Waals surface area contributed by atoms with E-state index in [-0.39, 0.29) is 6.01 Å². The molecule has 0 saturated carbocycles. The molecular formula is C17H14N6O. The monoisotopic (exact) mass is 318 g/mol. The first-order valence-electron chi connectivity index (χ1n) is 7.19. The van der Waals surface area contributed by atoms with Crippen molar-refractivity contribution in [1.29, 1.82) is 5.26 Å². The van der Waals surface area contributed by atoms with Crippen LogP contribution in [0.15, 0.2) is 60.7 Å². The predicted molar refractivity (Wildman–Crippen MR) is 90.3 cm³/mol. The second-order valence-corrected chi connectivity index (χ2v) is 4.82. The third kappa shape index (κ3) is 3.56. The van der Waals surface area contributed by atoms with Crippen LogP contribution in [-0.2, 0) is 0 Å². The maximum Gasteiger partial charge on any atom is 0.339 e. The van der Waals surface area contributed by atoms with Gasteiger partial charge in [0.2, 0.25) is 11.9 Å². The molecule has 0 aliphatic rings. The third-order valence-electron chi connectivity index (χ3n) is 3.21. The first-order valence-corrected chi connectivity index (χ1v) is 7.19.